The van der Waals surface area contributed by atoms with Crippen molar-refractivity contribution in [1.29, 1.82) is 5.26 Å². The first-order valence-electron chi connectivity index (χ1n) is 4.92. The highest BCUT2D eigenvalue weighted by atomic mass is 35.5. The molecule has 0 saturated heterocycles. The lowest BCUT2D eigenvalue weighted by Crippen LogP contribution is -1.80. The van der Waals surface area contributed by atoms with Crippen LogP contribution in [0.4, 0.5) is 0 Å². The molecule has 0 atom stereocenters. The molecule has 2 rings (SSSR count). The number of nitriles is 1. The quantitative estimate of drug-likeness (QED) is 0.713. The van der Waals surface area contributed by atoms with Crippen molar-refractivity contribution in [2.75, 3.05) is 0 Å². The number of rotatable bonds is 2. The van der Waals surface area contributed by atoms with Gasteiger partial charge >= 0.3 is 0 Å². The lowest BCUT2D eigenvalue weighted by atomic mass is 10.2. The van der Waals surface area contributed by atoms with E-state index in [1.54, 1.807) is 30.3 Å². The van der Waals surface area contributed by atoms with Crippen LogP contribution in [0.25, 0.3) is 0 Å². The fraction of sp³-hybridized carbons (Fsp3) is 0. The first kappa shape index (κ1) is 13.6. The number of hydrogen-bond donors (Lipinski definition) is 0. The van der Waals surface area contributed by atoms with Crippen molar-refractivity contribution in [3.63, 3.8) is 0 Å². The molecular weight excluding hydrogens is 309 g/mol. The minimum absolute atomic E-state index is 0.431. The van der Waals surface area contributed by atoms with Crippen LogP contribution >= 0.6 is 46.6 Å². The van der Waals surface area contributed by atoms with Gasteiger partial charge in [0.05, 0.1) is 15.6 Å². The molecule has 0 unspecified atom stereocenters. The molecule has 18 heavy (non-hydrogen) atoms. The second-order valence-electron chi connectivity index (χ2n) is 3.43. The molecule has 5 heteroatoms. The first-order chi connectivity index (χ1) is 8.60. The van der Waals surface area contributed by atoms with Gasteiger partial charge in [0.1, 0.15) is 6.07 Å². The predicted octanol–water partition coefficient (Wildman–Crippen LogP) is 5.67. The van der Waals surface area contributed by atoms with Crippen LogP contribution in [0.2, 0.25) is 15.1 Å². The van der Waals surface area contributed by atoms with Crippen molar-refractivity contribution in [2.24, 2.45) is 0 Å². The van der Waals surface area contributed by atoms with Crippen LogP contribution in [-0.4, -0.2) is 0 Å². The minimum Gasteiger partial charge on any atom is -0.192 e. The van der Waals surface area contributed by atoms with E-state index < -0.39 is 0 Å². The fourth-order valence-electron chi connectivity index (χ4n) is 1.33. The smallest absolute Gasteiger partial charge is 0.101 e. The first-order valence-corrected chi connectivity index (χ1v) is 6.88. The molecule has 0 radical (unpaired) electrons. The molecule has 90 valence electrons. The monoisotopic (exact) mass is 313 g/mol. The Kier molecular flexibility index (Phi) is 4.42. The van der Waals surface area contributed by atoms with Crippen LogP contribution in [0.15, 0.2) is 46.2 Å². The van der Waals surface area contributed by atoms with E-state index in [2.05, 4.69) is 0 Å². The van der Waals surface area contributed by atoms with Gasteiger partial charge in [-0.1, -0.05) is 46.6 Å². The van der Waals surface area contributed by atoms with Crippen LogP contribution in [0.5, 0.6) is 0 Å². The van der Waals surface area contributed by atoms with Gasteiger partial charge in [-0.15, -0.1) is 0 Å². The summed E-state index contributed by atoms with van der Waals surface area (Å²) < 4.78 is 0. The molecule has 0 heterocycles. The van der Waals surface area contributed by atoms with Crippen LogP contribution in [0.3, 0.4) is 0 Å². The molecule has 0 spiro atoms. The summed E-state index contributed by atoms with van der Waals surface area (Å²) in [6.45, 7) is 0. The standard InChI is InChI=1S/C13H6Cl3NS/c14-9-2-4-11(15)13(5-9)18-10-3-1-8(7-17)12(16)6-10/h1-6H. The number of halogens is 3. The van der Waals surface area contributed by atoms with Crippen molar-refractivity contribution in [2.45, 2.75) is 9.79 Å². The zero-order valence-corrected chi connectivity index (χ0v) is 12.0. The van der Waals surface area contributed by atoms with Gasteiger partial charge < -0.3 is 0 Å². The van der Waals surface area contributed by atoms with Gasteiger partial charge in [-0.05, 0) is 36.4 Å². The summed E-state index contributed by atoms with van der Waals surface area (Å²) in [6, 6.07) is 12.5. The Hall–Kier alpha value is -0.850. The van der Waals surface area contributed by atoms with E-state index in [0.29, 0.717) is 20.6 Å². The Bertz CT molecular complexity index is 635. The van der Waals surface area contributed by atoms with Gasteiger partial charge in [-0.2, -0.15) is 5.26 Å². The van der Waals surface area contributed by atoms with Crippen LogP contribution < -0.4 is 0 Å². The molecule has 2 aromatic rings. The van der Waals surface area contributed by atoms with Gasteiger partial charge in [0.2, 0.25) is 0 Å². The van der Waals surface area contributed by atoms with Crippen molar-refractivity contribution < 1.29 is 0 Å². The maximum Gasteiger partial charge on any atom is 0.101 e. The Morgan fingerprint density at radius 1 is 0.944 bits per heavy atom. The van der Waals surface area contributed by atoms with E-state index >= 15 is 0 Å². The molecule has 2 aromatic carbocycles. The SMILES string of the molecule is N#Cc1ccc(Sc2cc(Cl)ccc2Cl)cc1Cl. The highest BCUT2D eigenvalue weighted by molar-refractivity contribution is 7.99. The second kappa shape index (κ2) is 5.86. The van der Waals surface area contributed by atoms with Crippen LogP contribution in [-0.2, 0) is 0 Å². The third kappa shape index (κ3) is 3.13. The maximum absolute atomic E-state index is 8.80. The summed E-state index contributed by atoms with van der Waals surface area (Å²) in [5.74, 6) is 0. The number of nitrogens with zero attached hydrogens (tertiary/aromatic N) is 1. The Balaban J connectivity index is 2.32. The molecule has 0 saturated carbocycles. The molecule has 0 aromatic heterocycles. The number of hydrogen-bond acceptors (Lipinski definition) is 2. The number of benzene rings is 2. The normalized spacial score (nSPS) is 10.1. The zero-order chi connectivity index (χ0) is 13.1. The second-order valence-corrected chi connectivity index (χ2v) is 5.80. The summed E-state index contributed by atoms with van der Waals surface area (Å²) in [6.07, 6.45) is 0. The zero-order valence-electron chi connectivity index (χ0n) is 8.95. The molecule has 0 N–H and O–H groups in total. The Morgan fingerprint density at radius 2 is 1.72 bits per heavy atom. The van der Waals surface area contributed by atoms with Crippen LogP contribution in [0, 0.1) is 11.3 Å². The van der Waals surface area contributed by atoms with Gasteiger partial charge in [0, 0.05) is 14.8 Å². The Morgan fingerprint density at radius 3 is 2.39 bits per heavy atom. The fourth-order valence-corrected chi connectivity index (χ4v) is 3.01. The van der Waals surface area contributed by atoms with Crippen molar-refractivity contribution in [3.05, 3.63) is 57.0 Å². The predicted molar refractivity (Wildman–Crippen MR) is 76.8 cm³/mol. The summed E-state index contributed by atoms with van der Waals surface area (Å²) in [5.41, 5.74) is 0.457. The van der Waals surface area contributed by atoms with Crippen LogP contribution in [0.1, 0.15) is 5.56 Å². The summed E-state index contributed by atoms with van der Waals surface area (Å²) >= 11 is 19.4. The van der Waals surface area contributed by atoms with Crippen molar-refractivity contribution in [3.8, 4) is 6.07 Å². The lowest BCUT2D eigenvalue weighted by molar-refractivity contribution is 1.39. The van der Waals surface area contributed by atoms with E-state index in [9.17, 15) is 0 Å². The molecule has 0 aliphatic rings. The molecular formula is C13H6Cl3NS. The minimum atomic E-state index is 0.431. The van der Waals surface area contributed by atoms with E-state index in [1.807, 2.05) is 12.1 Å². The van der Waals surface area contributed by atoms with Gasteiger partial charge in [0.15, 0.2) is 0 Å². The van der Waals surface area contributed by atoms with Crippen molar-refractivity contribution >= 4 is 46.6 Å². The molecule has 0 bridgehead atoms. The third-order valence-electron chi connectivity index (χ3n) is 2.18. The van der Waals surface area contributed by atoms with E-state index in [-0.39, 0.29) is 0 Å². The van der Waals surface area contributed by atoms with Gasteiger partial charge in [-0.3, -0.25) is 0 Å². The summed E-state index contributed by atoms with van der Waals surface area (Å²) in [4.78, 5) is 1.76. The summed E-state index contributed by atoms with van der Waals surface area (Å²) in [7, 11) is 0. The van der Waals surface area contributed by atoms with E-state index in [4.69, 9.17) is 40.1 Å². The highest BCUT2D eigenvalue weighted by Crippen LogP contribution is 2.36. The molecule has 0 aliphatic carbocycles. The average Bonchev–Trinajstić information content (AvgIpc) is 2.34. The molecule has 0 fully saturated rings. The molecule has 0 amide bonds. The largest absolute Gasteiger partial charge is 0.192 e. The topological polar surface area (TPSA) is 23.8 Å². The van der Waals surface area contributed by atoms with Gasteiger partial charge in [-0.25, -0.2) is 0 Å². The molecule has 1 nitrogen and oxygen atoms in total. The third-order valence-corrected chi connectivity index (χ3v) is 4.22. The highest BCUT2D eigenvalue weighted by Gasteiger charge is 2.06. The van der Waals surface area contributed by atoms with Crippen molar-refractivity contribution in [1.82, 2.24) is 0 Å². The average molecular weight is 315 g/mol. The Labute approximate surface area is 124 Å². The summed E-state index contributed by atoms with van der Waals surface area (Å²) in [5, 5.41) is 10.5. The maximum atomic E-state index is 8.80. The van der Waals surface area contributed by atoms with E-state index in [1.165, 1.54) is 11.8 Å². The van der Waals surface area contributed by atoms with E-state index in [0.717, 1.165) is 9.79 Å². The molecule has 0 aliphatic heterocycles. The van der Waals surface area contributed by atoms with Gasteiger partial charge in [0.25, 0.3) is 0 Å². The lowest BCUT2D eigenvalue weighted by Gasteiger charge is -2.05.